The average molecular weight is 323 g/mol. The minimum atomic E-state index is -2.69. The molecule has 0 heterocycles. The van der Waals surface area contributed by atoms with Crippen molar-refractivity contribution >= 4 is 31.2 Å². The zero-order valence-corrected chi connectivity index (χ0v) is 16.0. The molecule has 0 bridgehead atoms. The summed E-state index contributed by atoms with van der Waals surface area (Å²) in [6.07, 6.45) is 1.23. The molecule has 0 aliphatic rings. The molecule has 0 spiro atoms. The van der Waals surface area contributed by atoms with Crippen LogP contribution in [0.2, 0.25) is 45.8 Å². The predicted octanol–water partition coefficient (Wildman–Crippen LogP) is 2.96. The van der Waals surface area contributed by atoms with Gasteiger partial charge in [-0.3, -0.25) is 9.15 Å². The Bertz CT molecular complexity index is 321. The van der Waals surface area contributed by atoms with Crippen LogP contribution in [0.3, 0.4) is 0 Å². The molecule has 0 rings (SSSR count). The molecule has 0 saturated carbocycles. The molecule has 1 unspecified atom stereocenters. The van der Waals surface area contributed by atoms with E-state index in [4.69, 9.17) is 18.0 Å². The first-order chi connectivity index (χ1) is 8.37. The highest BCUT2D eigenvalue weighted by atomic mass is 28.4. The van der Waals surface area contributed by atoms with Gasteiger partial charge in [0.25, 0.3) is 0 Å². The fraction of sp³-hybridized carbons (Fsp3) is 0.727. The molecule has 0 aromatic rings. The summed E-state index contributed by atoms with van der Waals surface area (Å²) in [6, 6.07) is 0. The van der Waals surface area contributed by atoms with E-state index < -0.39 is 31.2 Å². The molecule has 19 heavy (non-hydrogen) atoms. The summed E-state index contributed by atoms with van der Waals surface area (Å²) in [5, 5.41) is 0. The molecule has 0 amide bonds. The molecule has 1 atom stereocenters. The smallest absolute Gasteiger partial charge is 0.398 e. The summed E-state index contributed by atoms with van der Waals surface area (Å²) in [6.45, 7) is 17.5. The zero-order chi connectivity index (χ0) is 15.3. The van der Waals surface area contributed by atoms with Gasteiger partial charge in [0.05, 0.1) is 0 Å². The molecule has 0 aromatic heterocycles. The third-order valence-electron chi connectivity index (χ3n) is 1.63. The lowest BCUT2D eigenvalue weighted by Crippen LogP contribution is -2.53. The highest BCUT2D eigenvalue weighted by Crippen LogP contribution is 2.18. The van der Waals surface area contributed by atoms with Crippen molar-refractivity contribution < 1.29 is 22.8 Å². The third-order valence-corrected chi connectivity index (χ3v) is 7.66. The minimum absolute atomic E-state index is 0.104. The van der Waals surface area contributed by atoms with E-state index in [0.29, 0.717) is 0 Å². The molecule has 0 aliphatic carbocycles. The minimum Gasteiger partial charge on any atom is -0.461 e. The second-order valence-corrected chi connectivity index (χ2v) is 18.6. The molecule has 0 saturated heterocycles. The van der Waals surface area contributed by atoms with Crippen molar-refractivity contribution in [2.24, 2.45) is 0 Å². The van der Waals surface area contributed by atoms with Gasteiger partial charge >= 0.3 is 14.5 Å². The van der Waals surface area contributed by atoms with E-state index in [1.54, 1.807) is 0 Å². The maximum atomic E-state index is 11.2. The quantitative estimate of drug-likeness (QED) is 0.226. The Kier molecular flexibility index (Phi) is 6.86. The van der Waals surface area contributed by atoms with Crippen molar-refractivity contribution in [1.29, 1.82) is 0 Å². The Morgan fingerprint density at radius 3 is 1.89 bits per heavy atom. The summed E-state index contributed by atoms with van der Waals surface area (Å²) in [5.41, 5.74) is 0. The highest BCUT2D eigenvalue weighted by molar-refractivity contribution is 6.82. The van der Waals surface area contributed by atoms with E-state index in [9.17, 15) is 4.79 Å². The Morgan fingerprint density at radius 1 is 1.00 bits per heavy atom. The van der Waals surface area contributed by atoms with Crippen molar-refractivity contribution in [3.05, 3.63) is 12.7 Å². The van der Waals surface area contributed by atoms with Gasteiger partial charge in [0.2, 0.25) is 8.32 Å². The Labute approximate surface area is 119 Å². The zero-order valence-electron chi connectivity index (χ0n) is 13.0. The maximum absolute atomic E-state index is 11.2. The molecular formula is C11H26O5Si3. The van der Waals surface area contributed by atoms with E-state index in [1.807, 2.05) is 26.2 Å². The second kappa shape index (κ2) is 6.95. The Balaban J connectivity index is 4.71. The number of carbonyl (C=O) groups excluding carboxylic acids is 1. The predicted molar refractivity (Wildman–Crippen MR) is 82.7 cm³/mol. The van der Waals surface area contributed by atoms with Crippen LogP contribution in [0.4, 0.5) is 0 Å². The molecule has 0 radical (unpaired) electrons. The number of rotatable bonds is 8. The summed E-state index contributed by atoms with van der Waals surface area (Å²) in [4.78, 5) is 11.2. The van der Waals surface area contributed by atoms with Gasteiger partial charge in [-0.1, -0.05) is 6.58 Å². The normalized spacial score (nSPS) is 15.7. The first kappa shape index (κ1) is 18.7. The van der Waals surface area contributed by atoms with Crippen molar-refractivity contribution in [3.63, 3.8) is 0 Å². The van der Waals surface area contributed by atoms with E-state index in [1.165, 1.54) is 0 Å². The Morgan fingerprint density at radius 2 is 1.53 bits per heavy atom. The van der Waals surface area contributed by atoms with Crippen LogP contribution in [-0.2, 0) is 22.8 Å². The highest BCUT2D eigenvalue weighted by Gasteiger charge is 2.41. The van der Waals surface area contributed by atoms with Crippen LogP contribution in [0.5, 0.6) is 0 Å². The monoisotopic (exact) mass is 322 g/mol. The molecule has 112 valence electrons. The first-order valence-corrected chi connectivity index (χ1v) is 15.6. The van der Waals surface area contributed by atoms with Crippen molar-refractivity contribution in [2.75, 3.05) is 6.23 Å². The van der Waals surface area contributed by atoms with Crippen LogP contribution in [0.15, 0.2) is 12.7 Å². The van der Waals surface area contributed by atoms with Crippen molar-refractivity contribution in [3.8, 4) is 0 Å². The standard InChI is InChI=1S/C11H26O5Si3/c1-9-11(12)13-10-19(8,16-18(5,6)7)15-14-17(2,3)4/h9H,1,10H2,2-8H3. The van der Waals surface area contributed by atoms with Crippen LogP contribution < -0.4 is 0 Å². The summed E-state index contributed by atoms with van der Waals surface area (Å²) in [7, 11) is -6.33. The van der Waals surface area contributed by atoms with Crippen LogP contribution >= 0.6 is 0 Å². The first-order valence-electron chi connectivity index (χ1n) is 6.23. The van der Waals surface area contributed by atoms with Gasteiger partial charge in [-0.25, -0.2) is 4.79 Å². The lowest BCUT2D eigenvalue weighted by Gasteiger charge is -2.33. The van der Waals surface area contributed by atoms with Gasteiger partial charge in [0.15, 0.2) is 8.32 Å². The van der Waals surface area contributed by atoms with Gasteiger partial charge in [-0.2, -0.15) is 0 Å². The van der Waals surface area contributed by atoms with Gasteiger partial charge < -0.3 is 8.85 Å². The van der Waals surface area contributed by atoms with Crippen LogP contribution in [0, 0.1) is 0 Å². The number of hydrogen-bond donors (Lipinski definition) is 0. The van der Waals surface area contributed by atoms with Gasteiger partial charge in [-0.15, -0.1) is 0 Å². The van der Waals surface area contributed by atoms with E-state index >= 15 is 0 Å². The fourth-order valence-electron chi connectivity index (χ4n) is 1.19. The molecular weight excluding hydrogens is 296 g/mol. The molecule has 5 nitrogen and oxygen atoms in total. The molecule has 0 aliphatic heterocycles. The molecule has 0 N–H and O–H groups in total. The topological polar surface area (TPSA) is 54.0 Å². The maximum Gasteiger partial charge on any atom is 0.398 e. The van der Waals surface area contributed by atoms with Crippen molar-refractivity contribution in [1.82, 2.24) is 0 Å². The number of hydrogen-bond acceptors (Lipinski definition) is 5. The second-order valence-electron chi connectivity index (χ2n) is 6.44. The molecule has 0 aromatic carbocycles. The third kappa shape index (κ3) is 10.2. The van der Waals surface area contributed by atoms with E-state index in [0.717, 1.165) is 6.08 Å². The average Bonchev–Trinajstić information content (AvgIpc) is 2.20. The van der Waals surface area contributed by atoms with Crippen LogP contribution in [0.1, 0.15) is 0 Å². The molecule has 0 fully saturated rings. The molecule has 8 heteroatoms. The largest absolute Gasteiger partial charge is 0.461 e. The van der Waals surface area contributed by atoms with Crippen LogP contribution in [0.25, 0.3) is 0 Å². The number of ether oxygens (including phenoxy) is 1. The van der Waals surface area contributed by atoms with E-state index in [-0.39, 0.29) is 6.23 Å². The van der Waals surface area contributed by atoms with Gasteiger partial charge in [-0.05, 0) is 45.8 Å². The van der Waals surface area contributed by atoms with Crippen molar-refractivity contribution in [2.45, 2.75) is 45.8 Å². The van der Waals surface area contributed by atoms with E-state index in [2.05, 4.69) is 26.2 Å². The lowest BCUT2D eigenvalue weighted by molar-refractivity contribution is -0.151. The summed E-state index contributed by atoms with van der Waals surface area (Å²) in [5.74, 6) is -0.477. The number of esters is 1. The lowest BCUT2D eigenvalue weighted by atomic mass is 10.7. The SMILES string of the molecule is C=CC(=O)OC[Si](C)(OO[Si](C)(C)C)O[Si](C)(C)C. The van der Waals surface area contributed by atoms with Crippen LogP contribution in [-0.4, -0.2) is 37.4 Å². The fourth-order valence-corrected chi connectivity index (χ4v) is 8.90. The van der Waals surface area contributed by atoms with Gasteiger partial charge in [0, 0.05) is 6.08 Å². The summed E-state index contributed by atoms with van der Waals surface area (Å²) < 4.78 is 22.2. The Hall–Kier alpha value is -0.259. The summed E-state index contributed by atoms with van der Waals surface area (Å²) >= 11 is 0. The number of carbonyl (C=O) groups is 1. The van der Waals surface area contributed by atoms with Gasteiger partial charge in [0.1, 0.15) is 6.23 Å².